The molecule has 0 amide bonds. The van der Waals surface area contributed by atoms with Crippen molar-refractivity contribution in [3.05, 3.63) is 47.0 Å². The molecule has 2 atom stereocenters. The van der Waals surface area contributed by atoms with Crippen LogP contribution >= 0.6 is 11.6 Å². The van der Waals surface area contributed by atoms with Crippen LogP contribution in [0.1, 0.15) is 19.4 Å². The maximum Gasteiger partial charge on any atom is 0.426 e. The minimum Gasteiger partial charge on any atom is -0.481 e. The predicted octanol–water partition coefficient (Wildman–Crippen LogP) is 4.64. The molecular weight excluding hydrogens is 317 g/mol. The summed E-state index contributed by atoms with van der Waals surface area (Å²) in [4.78, 5) is 11.8. The van der Waals surface area contributed by atoms with Gasteiger partial charge in [-0.1, -0.05) is 61.9 Å². The van der Waals surface area contributed by atoms with Crippen LogP contribution in [0.25, 0.3) is 0 Å². The van der Waals surface area contributed by atoms with E-state index in [0.717, 1.165) is 11.6 Å². The van der Waals surface area contributed by atoms with E-state index in [0.29, 0.717) is 0 Å². The van der Waals surface area contributed by atoms with Gasteiger partial charge >= 0.3 is 12.1 Å². The Kier molecular flexibility index (Phi) is 4.07. The fourth-order valence-electron chi connectivity index (χ4n) is 3.23. The van der Waals surface area contributed by atoms with Crippen molar-refractivity contribution in [1.82, 2.24) is 0 Å². The quantitative estimate of drug-likeness (QED) is 0.872. The van der Waals surface area contributed by atoms with Crippen molar-refractivity contribution in [3.63, 3.8) is 0 Å². The monoisotopic (exact) mass is 332 g/mol. The van der Waals surface area contributed by atoms with E-state index in [9.17, 15) is 23.1 Å². The van der Waals surface area contributed by atoms with Gasteiger partial charge in [-0.2, -0.15) is 13.2 Å². The number of carboxylic acids is 1. The lowest BCUT2D eigenvalue weighted by Crippen LogP contribution is -2.24. The van der Waals surface area contributed by atoms with E-state index in [-0.39, 0.29) is 6.42 Å². The summed E-state index contributed by atoms with van der Waals surface area (Å²) in [6, 6.07) is 8.88. The topological polar surface area (TPSA) is 37.3 Å². The number of allylic oxidation sites excluding steroid dienone is 2. The number of hydrogen-bond donors (Lipinski definition) is 1. The molecule has 0 heterocycles. The average Bonchev–Trinajstić information content (AvgIpc) is 2.86. The molecule has 0 saturated heterocycles. The summed E-state index contributed by atoms with van der Waals surface area (Å²) < 4.78 is 37.9. The van der Waals surface area contributed by atoms with Crippen molar-refractivity contribution < 1.29 is 23.1 Å². The number of rotatable bonds is 4. The summed E-state index contributed by atoms with van der Waals surface area (Å²) >= 11 is 5.30. The second-order valence-electron chi connectivity index (χ2n) is 6.15. The standard InChI is InChI=1S/C16H16ClF3O2/c1-14(2)11(8-12(17)16(18,19)20)15(14,13(21)22)9-10-6-4-3-5-7-10/h3-8,11H,9H2,1-2H3,(H,21,22)/t11-,15+/m1/s1. The minimum absolute atomic E-state index is 0.166. The number of carboxylic acid groups (broad SMARTS) is 1. The van der Waals surface area contributed by atoms with Gasteiger partial charge in [0.15, 0.2) is 0 Å². The number of carbonyl (C=O) groups is 1. The lowest BCUT2D eigenvalue weighted by atomic mass is 9.88. The van der Waals surface area contributed by atoms with Crippen molar-refractivity contribution in [2.75, 3.05) is 0 Å². The molecule has 1 saturated carbocycles. The Morgan fingerprint density at radius 3 is 2.32 bits per heavy atom. The summed E-state index contributed by atoms with van der Waals surface area (Å²) in [7, 11) is 0. The molecule has 0 aliphatic heterocycles. The minimum atomic E-state index is -4.66. The molecule has 2 rings (SSSR count). The molecule has 0 aromatic heterocycles. The highest BCUT2D eigenvalue weighted by molar-refractivity contribution is 6.30. The summed E-state index contributed by atoms with van der Waals surface area (Å²) in [6.07, 6.45) is -3.64. The van der Waals surface area contributed by atoms with Crippen LogP contribution in [0.5, 0.6) is 0 Å². The van der Waals surface area contributed by atoms with Crippen LogP contribution in [0, 0.1) is 16.7 Å². The van der Waals surface area contributed by atoms with Crippen molar-refractivity contribution in [1.29, 1.82) is 0 Å². The maximum absolute atomic E-state index is 12.6. The van der Waals surface area contributed by atoms with E-state index >= 15 is 0 Å². The molecule has 2 nitrogen and oxygen atoms in total. The van der Waals surface area contributed by atoms with E-state index < -0.39 is 33.9 Å². The first-order valence-corrected chi connectivity index (χ1v) is 7.13. The maximum atomic E-state index is 12.6. The largest absolute Gasteiger partial charge is 0.481 e. The summed E-state index contributed by atoms with van der Waals surface area (Å²) in [5, 5.41) is 8.37. The first kappa shape index (κ1) is 16.9. The van der Waals surface area contributed by atoms with Crippen LogP contribution < -0.4 is 0 Å². The lowest BCUT2D eigenvalue weighted by molar-refractivity contribution is -0.145. The van der Waals surface area contributed by atoms with Gasteiger partial charge in [-0.3, -0.25) is 4.79 Å². The smallest absolute Gasteiger partial charge is 0.426 e. The van der Waals surface area contributed by atoms with Gasteiger partial charge in [0.1, 0.15) is 5.03 Å². The zero-order chi connectivity index (χ0) is 16.8. The number of benzene rings is 1. The van der Waals surface area contributed by atoms with Gasteiger partial charge in [-0.15, -0.1) is 0 Å². The SMILES string of the molecule is CC1(C)[C@@H](C=C(Cl)C(F)(F)F)[C@@]1(Cc1ccccc1)C(=O)O. The predicted molar refractivity (Wildman–Crippen MR) is 77.5 cm³/mol. The summed E-state index contributed by atoms with van der Waals surface area (Å²) in [6.45, 7) is 3.32. The Hall–Kier alpha value is -1.49. The Bertz CT molecular complexity index is 608. The zero-order valence-electron chi connectivity index (χ0n) is 12.1. The van der Waals surface area contributed by atoms with Crippen LogP contribution in [0.15, 0.2) is 41.4 Å². The van der Waals surface area contributed by atoms with E-state index in [1.165, 1.54) is 0 Å². The zero-order valence-corrected chi connectivity index (χ0v) is 12.9. The molecule has 1 N–H and O–H groups in total. The first-order chi connectivity index (χ1) is 10.0. The molecule has 0 radical (unpaired) electrons. The fourth-order valence-corrected chi connectivity index (χ4v) is 3.35. The highest BCUT2D eigenvalue weighted by Gasteiger charge is 2.74. The van der Waals surface area contributed by atoms with Crippen LogP contribution in [0.4, 0.5) is 13.2 Å². The van der Waals surface area contributed by atoms with Crippen molar-refractivity contribution in [2.45, 2.75) is 26.4 Å². The molecule has 1 aromatic rings. The molecule has 0 spiro atoms. The molecule has 0 bridgehead atoms. The molecule has 120 valence electrons. The Morgan fingerprint density at radius 1 is 1.32 bits per heavy atom. The van der Waals surface area contributed by atoms with Crippen LogP contribution in [-0.2, 0) is 11.2 Å². The van der Waals surface area contributed by atoms with Crippen molar-refractivity contribution in [3.8, 4) is 0 Å². The van der Waals surface area contributed by atoms with Gasteiger partial charge < -0.3 is 5.11 Å². The first-order valence-electron chi connectivity index (χ1n) is 6.75. The van der Waals surface area contributed by atoms with Crippen LogP contribution in [0.2, 0.25) is 0 Å². The third kappa shape index (κ3) is 2.62. The van der Waals surface area contributed by atoms with Crippen molar-refractivity contribution in [2.24, 2.45) is 16.7 Å². The second-order valence-corrected chi connectivity index (χ2v) is 6.56. The average molecular weight is 333 g/mol. The number of aliphatic carboxylic acids is 1. The van der Waals surface area contributed by atoms with Gasteiger partial charge in [-0.25, -0.2) is 0 Å². The summed E-state index contributed by atoms with van der Waals surface area (Å²) in [5.41, 5.74) is -1.31. The van der Waals surface area contributed by atoms with Gasteiger partial charge in [-0.05, 0) is 17.4 Å². The highest BCUT2D eigenvalue weighted by Crippen LogP contribution is 2.71. The van der Waals surface area contributed by atoms with E-state index in [2.05, 4.69) is 0 Å². The van der Waals surface area contributed by atoms with Crippen LogP contribution in [-0.4, -0.2) is 17.3 Å². The van der Waals surface area contributed by atoms with E-state index in [1.54, 1.807) is 44.2 Å². The second kappa shape index (κ2) is 5.30. The van der Waals surface area contributed by atoms with Gasteiger partial charge in [0.05, 0.1) is 5.41 Å². The van der Waals surface area contributed by atoms with Crippen LogP contribution in [0.3, 0.4) is 0 Å². The summed E-state index contributed by atoms with van der Waals surface area (Å²) in [5.74, 6) is -1.87. The molecule has 6 heteroatoms. The third-order valence-corrected chi connectivity index (χ3v) is 5.01. The molecule has 1 aliphatic carbocycles. The number of hydrogen-bond acceptors (Lipinski definition) is 1. The molecule has 1 fully saturated rings. The molecule has 22 heavy (non-hydrogen) atoms. The van der Waals surface area contributed by atoms with E-state index in [1.807, 2.05) is 0 Å². The van der Waals surface area contributed by atoms with Gasteiger partial charge in [0, 0.05) is 5.92 Å². The fraction of sp³-hybridized carbons (Fsp3) is 0.438. The molecule has 1 aromatic carbocycles. The lowest BCUT2D eigenvalue weighted by Gasteiger charge is -2.15. The highest BCUT2D eigenvalue weighted by atomic mass is 35.5. The number of halogens is 4. The normalized spacial score (nSPS) is 27.5. The molecule has 1 aliphatic rings. The molecular formula is C16H16ClF3O2. The Labute approximate surface area is 131 Å². The molecule has 0 unspecified atom stereocenters. The Balaban J connectivity index is 2.38. The number of alkyl halides is 3. The van der Waals surface area contributed by atoms with E-state index in [4.69, 9.17) is 11.6 Å². The van der Waals surface area contributed by atoms with Crippen molar-refractivity contribution >= 4 is 17.6 Å². The third-order valence-electron chi connectivity index (χ3n) is 4.67. The van der Waals surface area contributed by atoms with Gasteiger partial charge in [0.2, 0.25) is 0 Å². The Morgan fingerprint density at radius 2 is 1.86 bits per heavy atom. The van der Waals surface area contributed by atoms with Gasteiger partial charge in [0.25, 0.3) is 0 Å².